The molecule has 0 fully saturated rings. The second kappa shape index (κ2) is 17.0. The van der Waals surface area contributed by atoms with Gasteiger partial charge in [-0.1, -0.05) is 41.6 Å². The van der Waals surface area contributed by atoms with Gasteiger partial charge in [0.05, 0.1) is 28.5 Å². The van der Waals surface area contributed by atoms with Crippen molar-refractivity contribution in [3.8, 4) is 23.0 Å². The topological polar surface area (TPSA) is 229 Å². The third kappa shape index (κ3) is 9.89. The molecule has 0 unspecified atom stereocenters. The average molecular weight is 593 g/mol. The van der Waals surface area contributed by atoms with Gasteiger partial charge in [-0.2, -0.15) is 0 Å². The van der Waals surface area contributed by atoms with Crippen LogP contribution in [0.5, 0.6) is 23.0 Å². The number of benzene rings is 4. The van der Waals surface area contributed by atoms with E-state index in [1.807, 2.05) is 0 Å². The number of hydrogen-bond donors (Lipinski definition) is 7. The Morgan fingerprint density at radius 1 is 0.674 bits per heavy atom. The van der Waals surface area contributed by atoms with Crippen molar-refractivity contribution in [2.24, 2.45) is 11.1 Å². The fraction of sp³-hybridized carbons (Fsp3) is 0.0667. The van der Waals surface area contributed by atoms with Crippen LogP contribution in [0.15, 0.2) is 90.1 Å². The third-order valence-electron chi connectivity index (χ3n) is 5.58. The fourth-order valence-electron chi connectivity index (χ4n) is 3.43. The molecule has 0 saturated heterocycles. The normalized spacial score (nSPS) is 10.0. The van der Waals surface area contributed by atoms with Crippen LogP contribution in [0, 0.1) is 0 Å². The molecule has 43 heavy (non-hydrogen) atoms. The Balaban J connectivity index is 0.000000284. The van der Waals surface area contributed by atoms with Crippen molar-refractivity contribution in [3.63, 3.8) is 0 Å². The molecule has 0 aliphatic carbocycles. The Labute approximate surface area is 244 Å². The first-order valence-corrected chi connectivity index (χ1v) is 12.2. The minimum Gasteiger partial charge on any atom is -0.507 e. The van der Waals surface area contributed by atoms with E-state index in [4.69, 9.17) is 30.1 Å². The number of carbonyl (C=O) groups is 3. The van der Waals surface area contributed by atoms with Gasteiger partial charge in [-0.05, 0) is 59.7 Å². The Kier molecular flexibility index (Phi) is 13.2. The number of carboxylic acid groups (broad SMARTS) is 2. The molecule has 0 amide bonds. The Morgan fingerprint density at radius 3 is 1.44 bits per heavy atom. The number of carboxylic acids is 2. The zero-order valence-electron chi connectivity index (χ0n) is 22.4. The van der Waals surface area contributed by atoms with E-state index in [2.05, 4.69) is 11.1 Å². The van der Waals surface area contributed by atoms with Crippen molar-refractivity contribution in [3.05, 3.63) is 118 Å². The molecule has 4 rings (SSSR count). The Morgan fingerprint density at radius 2 is 1.07 bits per heavy atom. The number of aromatic carboxylic acids is 2. The quantitative estimate of drug-likeness (QED) is 0.0592. The number of ether oxygens (including phenoxy) is 2. The van der Waals surface area contributed by atoms with E-state index in [9.17, 15) is 24.6 Å². The van der Waals surface area contributed by atoms with Gasteiger partial charge in [0.1, 0.15) is 36.2 Å². The molecule has 0 aliphatic rings. The molecule has 0 radical (unpaired) electrons. The Hall–Kier alpha value is -5.92. The zero-order chi connectivity index (χ0) is 31.8. The van der Waals surface area contributed by atoms with Gasteiger partial charge in [0.2, 0.25) is 0 Å². The van der Waals surface area contributed by atoms with Crippen LogP contribution < -0.4 is 15.4 Å². The summed E-state index contributed by atoms with van der Waals surface area (Å²) in [5.41, 5.74) is 2.28. The van der Waals surface area contributed by atoms with Crippen LogP contribution in [0.1, 0.15) is 47.8 Å². The zero-order valence-corrected chi connectivity index (χ0v) is 22.4. The molecule has 0 atom stereocenters. The Bertz CT molecular complexity index is 1540. The van der Waals surface area contributed by atoms with Gasteiger partial charge >= 0.3 is 11.9 Å². The number of carbonyl (C=O) groups excluding carboxylic acids is 1. The van der Waals surface area contributed by atoms with Crippen LogP contribution in [0.2, 0.25) is 0 Å². The van der Waals surface area contributed by atoms with E-state index in [1.165, 1.54) is 36.4 Å². The molecule has 8 N–H and O–H groups in total. The van der Waals surface area contributed by atoms with Crippen LogP contribution in [0.4, 0.5) is 0 Å². The monoisotopic (exact) mass is 592 g/mol. The maximum absolute atomic E-state index is 10.9. The first-order valence-electron chi connectivity index (χ1n) is 12.2. The summed E-state index contributed by atoms with van der Waals surface area (Å²) in [4.78, 5) is 32.3. The van der Waals surface area contributed by atoms with Crippen molar-refractivity contribution in [1.29, 1.82) is 0 Å². The van der Waals surface area contributed by atoms with E-state index < -0.39 is 11.9 Å². The van der Waals surface area contributed by atoms with Crippen molar-refractivity contribution in [2.75, 3.05) is 0 Å². The summed E-state index contributed by atoms with van der Waals surface area (Å²) in [6, 6.07) is 21.7. The number of hydrogen-bond acceptors (Lipinski definition) is 11. The molecule has 224 valence electrons. The van der Waals surface area contributed by atoms with E-state index in [1.54, 1.807) is 48.5 Å². The van der Waals surface area contributed by atoms with E-state index >= 15 is 0 Å². The summed E-state index contributed by atoms with van der Waals surface area (Å²) >= 11 is 0. The smallest absolute Gasteiger partial charge is 0.335 e. The second-order valence-corrected chi connectivity index (χ2v) is 8.32. The minimum atomic E-state index is -0.992. The predicted octanol–water partition coefficient (Wildman–Crippen LogP) is 4.29. The van der Waals surface area contributed by atoms with Gasteiger partial charge in [-0.3, -0.25) is 4.79 Å². The molecule has 4 aromatic rings. The van der Waals surface area contributed by atoms with Crippen molar-refractivity contribution >= 4 is 24.4 Å². The largest absolute Gasteiger partial charge is 0.507 e. The SMILES string of the molecule is NO.O=C(O)c1ccc(COc2cccc(O)c2/C=N/O)cc1.O=Cc1c(O)cccc1OCc1ccc(C(=O)O)cc1. The fourth-order valence-corrected chi connectivity index (χ4v) is 3.43. The maximum atomic E-state index is 10.9. The molecule has 0 heterocycles. The van der Waals surface area contributed by atoms with E-state index in [0.29, 0.717) is 12.0 Å². The number of aldehydes is 1. The number of phenols is 2. The molecule has 13 nitrogen and oxygen atoms in total. The predicted molar refractivity (Wildman–Crippen MR) is 152 cm³/mol. The molecular weight excluding hydrogens is 564 g/mol. The van der Waals surface area contributed by atoms with Gasteiger partial charge in [-0.25, -0.2) is 15.5 Å². The van der Waals surface area contributed by atoms with Crippen molar-refractivity contribution in [1.82, 2.24) is 0 Å². The molecular formula is C30H28N2O11. The highest BCUT2D eigenvalue weighted by atomic mass is 16.5. The van der Waals surface area contributed by atoms with E-state index in [0.717, 1.165) is 17.3 Å². The van der Waals surface area contributed by atoms with Crippen LogP contribution in [0.3, 0.4) is 0 Å². The lowest BCUT2D eigenvalue weighted by molar-refractivity contribution is 0.0686. The lowest BCUT2D eigenvalue weighted by Crippen LogP contribution is -2.00. The van der Waals surface area contributed by atoms with Gasteiger partial charge < -0.3 is 40.3 Å². The summed E-state index contributed by atoms with van der Waals surface area (Å²) in [7, 11) is 0. The van der Waals surface area contributed by atoms with Crippen LogP contribution in [-0.4, -0.2) is 55.3 Å². The molecule has 0 spiro atoms. The van der Waals surface area contributed by atoms with E-state index in [-0.39, 0.29) is 52.7 Å². The van der Waals surface area contributed by atoms with Crippen molar-refractivity contribution in [2.45, 2.75) is 13.2 Å². The molecule has 0 aromatic heterocycles. The van der Waals surface area contributed by atoms with Crippen LogP contribution >= 0.6 is 0 Å². The molecule has 0 bridgehead atoms. The van der Waals surface area contributed by atoms with Gasteiger partial charge in [-0.15, -0.1) is 0 Å². The highest BCUT2D eigenvalue weighted by molar-refractivity contribution is 5.88. The number of nitrogens with two attached hydrogens (primary N) is 1. The maximum Gasteiger partial charge on any atom is 0.335 e. The highest BCUT2D eigenvalue weighted by Crippen LogP contribution is 2.27. The summed E-state index contributed by atoms with van der Waals surface area (Å²) < 4.78 is 11.0. The molecule has 0 aliphatic heterocycles. The number of oxime groups is 1. The van der Waals surface area contributed by atoms with Crippen molar-refractivity contribution < 1.29 is 54.7 Å². The average Bonchev–Trinajstić information content (AvgIpc) is 3.02. The summed E-state index contributed by atoms with van der Waals surface area (Å²) in [5, 5.41) is 54.7. The number of rotatable bonds is 10. The summed E-state index contributed by atoms with van der Waals surface area (Å²) in [6.45, 7) is 0.361. The lowest BCUT2D eigenvalue weighted by atomic mass is 10.1. The first kappa shape index (κ1) is 33.3. The van der Waals surface area contributed by atoms with Gasteiger partial charge in [0.15, 0.2) is 6.29 Å². The van der Waals surface area contributed by atoms with Gasteiger partial charge in [0.25, 0.3) is 0 Å². The number of nitrogens with zero attached hydrogens (tertiary/aromatic N) is 1. The third-order valence-corrected chi connectivity index (χ3v) is 5.58. The molecule has 4 aromatic carbocycles. The second-order valence-electron chi connectivity index (χ2n) is 8.32. The van der Waals surface area contributed by atoms with Crippen LogP contribution in [-0.2, 0) is 13.2 Å². The van der Waals surface area contributed by atoms with Crippen LogP contribution in [0.25, 0.3) is 0 Å². The highest BCUT2D eigenvalue weighted by Gasteiger charge is 2.10. The first-order chi connectivity index (χ1) is 20.7. The number of aromatic hydroxyl groups is 2. The lowest BCUT2D eigenvalue weighted by Gasteiger charge is -2.10. The summed E-state index contributed by atoms with van der Waals surface area (Å²) in [6.07, 6.45) is 1.61. The minimum absolute atomic E-state index is 0.0634. The standard InChI is InChI=1S/C15H13NO5.C15H12O5.H3NO/c17-13-2-1-3-14(12(13)8-16-20)21-9-10-4-6-11(7-5-10)15(18)19;16-8-12-13(17)2-1-3-14(12)20-9-10-4-6-11(7-5-10)15(18)19;1-2/h1-8,17,20H,9H2,(H,18,19);1-8,17H,9H2,(H,18,19);2H,1H2/b16-8+;;. The summed E-state index contributed by atoms with van der Waals surface area (Å²) in [5.74, 6) is 1.95. The number of phenolic OH excluding ortho intramolecular Hbond substituents is 2. The van der Waals surface area contributed by atoms with Gasteiger partial charge in [0, 0.05) is 0 Å². The molecule has 13 heteroatoms. The molecule has 0 saturated carbocycles.